The van der Waals surface area contributed by atoms with Crippen LogP contribution in [0.1, 0.15) is 12.8 Å². The molecule has 1 N–H and O–H groups in total. The molecule has 0 bridgehead atoms. The van der Waals surface area contributed by atoms with Crippen LogP contribution in [0.3, 0.4) is 0 Å². The van der Waals surface area contributed by atoms with Crippen molar-refractivity contribution in [3.8, 4) is 5.75 Å². The molecule has 162 valence electrons. The van der Waals surface area contributed by atoms with Crippen molar-refractivity contribution in [1.29, 1.82) is 0 Å². The molecule has 1 aromatic heterocycles. The number of anilines is 1. The van der Waals surface area contributed by atoms with Crippen LogP contribution in [-0.2, 0) is 11.3 Å². The quantitative estimate of drug-likeness (QED) is 0.659. The lowest BCUT2D eigenvalue weighted by molar-refractivity contribution is -0.117. The molecule has 0 aliphatic carbocycles. The third kappa shape index (κ3) is 4.91. The van der Waals surface area contributed by atoms with Gasteiger partial charge in [0.1, 0.15) is 11.6 Å². The Hall–Kier alpha value is -3.26. The summed E-state index contributed by atoms with van der Waals surface area (Å²) in [6.07, 6.45) is 3.35. The molecule has 2 aromatic carbocycles. The number of methoxy groups -OCH3 is 1. The summed E-state index contributed by atoms with van der Waals surface area (Å²) in [4.78, 5) is 31.5. The molecule has 0 saturated carbocycles. The van der Waals surface area contributed by atoms with Crippen molar-refractivity contribution in [3.05, 3.63) is 65.0 Å². The molecule has 1 saturated heterocycles. The van der Waals surface area contributed by atoms with E-state index in [2.05, 4.69) is 15.2 Å². The van der Waals surface area contributed by atoms with Gasteiger partial charge in [0.2, 0.25) is 5.91 Å². The van der Waals surface area contributed by atoms with Crippen LogP contribution in [0.4, 0.5) is 10.1 Å². The third-order valence-electron chi connectivity index (χ3n) is 5.71. The van der Waals surface area contributed by atoms with E-state index in [1.54, 1.807) is 54.4 Å². The van der Waals surface area contributed by atoms with Crippen molar-refractivity contribution >= 4 is 22.5 Å². The summed E-state index contributed by atoms with van der Waals surface area (Å²) in [5.41, 5.74) is 0.763. The van der Waals surface area contributed by atoms with Gasteiger partial charge in [-0.1, -0.05) is 12.1 Å². The molecule has 8 heteroatoms. The summed E-state index contributed by atoms with van der Waals surface area (Å²) >= 11 is 0. The monoisotopic (exact) mass is 424 g/mol. The number of rotatable bonds is 6. The lowest BCUT2D eigenvalue weighted by Gasteiger charge is -2.31. The molecule has 0 atom stereocenters. The van der Waals surface area contributed by atoms with E-state index in [1.165, 1.54) is 6.07 Å². The fourth-order valence-electron chi connectivity index (χ4n) is 3.96. The van der Waals surface area contributed by atoms with Crippen molar-refractivity contribution in [2.24, 2.45) is 5.92 Å². The molecule has 3 aromatic rings. The van der Waals surface area contributed by atoms with Gasteiger partial charge in [0.15, 0.2) is 0 Å². The number of likely N-dealkylation sites (tertiary alicyclic amines) is 1. The van der Waals surface area contributed by atoms with Crippen LogP contribution in [0, 0.1) is 11.7 Å². The highest BCUT2D eigenvalue weighted by molar-refractivity contribution is 5.92. The van der Waals surface area contributed by atoms with Crippen LogP contribution in [0.5, 0.6) is 5.75 Å². The molecule has 1 aliphatic rings. The number of fused-ring (bicyclic) bond motifs is 1. The van der Waals surface area contributed by atoms with Crippen LogP contribution < -0.4 is 15.6 Å². The van der Waals surface area contributed by atoms with Gasteiger partial charge in [0, 0.05) is 12.6 Å². The standard InChI is InChI=1S/C23H25FN4O3/c1-31-17-6-7-18-21(12-17)25-15-28(23(18)30)13-16-8-10-27(11-9-16)14-22(29)26-20-5-3-2-4-19(20)24/h2-7,12,15-16H,8-11,13-14H2,1H3,(H,26,29). The molecule has 0 radical (unpaired) electrons. The second kappa shape index (κ2) is 9.26. The summed E-state index contributed by atoms with van der Waals surface area (Å²) in [5.74, 6) is 0.334. The number of aromatic nitrogens is 2. The number of nitrogens with one attached hydrogen (secondary N) is 1. The molecule has 0 spiro atoms. The first-order valence-corrected chi connectivity index (χ1v) is 10.3. The summed E-state index contributed by atoms with van der Waals surface area (Å²) in [5, 5.41) is 3.20. The Morgan fingerprint density at radius 2 is 2.00 bits per heavy atom. The minimum absolute atomic E-state index is 0.0562. The number of carbonyl (C=O) groups excluding carboxylic acids is 1. The zero-order valence-corrected chi connectivity index (χ0v) is 17.4. The lowest BCUT2D eigenvalue weighted by atomic mass is 9.96. The number of halogens is 1. The topological polar surface area (TPSA) is 76.5 Å². The SMILES string of the molecule is COc1ccc2c(=O)n(CC3CCN(CC(=O)Nc4ccccc4F)CC3)cnc2c1. The Bertz CT molecular complexity index is 1140. The van der Waals surface area contributed by atoms with Crippen LogP contribution in [0.25, 0.3) is 10.9 Å². The third-order valence-corrected chi connectivity index (χ3v) is 5.71. The predicted molar refractivity (Wildman–Crippen MR) is 117 cm³/mol. The second-order valence-electron chi connectivity index (χ2n) is 7.83. The van der Waals surface area contributed by atoms with Crippen LogP contribution in [0.2, 0.25) is 0 Å². The van der Waals surface area contributed by atoms with Crippen molar-refractivity contribution in [2.75, 3.05) is 32.1 Å². The highest BCUT2D eigenvalue weighted by Crippen LogP contribution is 2.20. The Balaban J connectivity index is 1.32. The van der Waals surface area contributed by atoms with E-state index in [0.29, 0.717) is 29.1 Å². The van der Waals surface area contributed by atoms with Gasteiger partial charge in [-0.2, -0.15) is 0 Å². The molecule has 4 rings (SSSR count). The van der Waals surface area contributed by atoms with Gasteiger partial charge >= 0.3 is 0 Å². The number of piperidine rings is 1. The fraction of sp³-hybridized carbons (Fsp3) is 0.348. The predicted octanol–water partition coefficient (Wildman–Crippen LogP) is 2.89. The van der Waals surface area contributed by atoms with Crippen LogP contribution >= 0.6 is 0 Å². The van der Waals surface area contributed by atoms with Gasteiger partial charge in [-0.05, 0) is 56.1 Å². The molecule has 1 aliphatic heterocycles. The molecule has 2 heterocycles. The number of hydrogen-bond donors (Lipinski definition) is 1. The fourth-order valence-corrected chi connectivity index (χ4v) is 3.96. The minimum atomic E-state index is -0.442. The first-order valence-electron chi connectivity index (χ1n) is 10.3. The number of carbonyl (C=O) groups is 1. The normalized spacial score (nSPS) is 15.2. The van der Waals surface area contributed by atoms with Gasteiger partial charge < -0.3 is 10.1 Å². The van der Waals surface area contributed by atoms with Crippen LogP contribution in [0.15, 0.2) is 53.6 Å². The van der Waals surface area contributed by atoms with Crippen LogP contribution in [-0.4, -0.2) is 47.1 Å². The van der Waals surface area contributed by atoms with E-state index in [4.69, 9.17) is 4.74 Å². The summed E-state index contributed by atoms with van der Waals surface area (Å²) < 4.78 is 20.5. The molecule has 1 fully saturated rings. The van der Waals surface area contributed by atoms with E-state index in [1.807, 2.05) is 0 Å². The number of para-hydroxylation sites is 1. The average molecular weight is 424 g/mol. The van der Waals surface area contributed by atoms with Gasteiger partial charge in [-0.15, -0.1) is 0 Å². The number of ether oxygens (including phenoxy) is 1. The van der Waals surface area contributed by atoms with E-state index in [0.717, 1.165) is 25.9 Å². The zero-order valence-electron chi connectivity index (χ0n) is 17.4. The Kier molecular flexibility index (Phi) is 6.27. The Labute approximate surface area is 179 Å². The van der Waals surface area contributed by atoms with E-state index in [9.17, 15) is 14.0 Å². The molecular weight excluding hydrogens is 399 g/mol. The maximum Gasteiger partial charge on any atom is 0.261 e. The summed E-state index contributed by atoms with van der Waals surface area (Å²) in [7, 11) is 1.58. The largest absolute Gasteiger partial charge is 0.497 e. The van der Waals surface area contributed by atoms with Crippen molar-refractivity contribution in [3.63, 3.8) is 0 Å². The first-order chi connectivity index (χ1) is 15.0. The lowest BCUT2D eigenvalue weighted by Crippen LogP contribution is -2.40. The van der Waals surface area contributed by atoms with E-state index < -0.39 is 5.82 Å². The summed E-state index contributed by atoms with van der Waals surface area (Å²) in [6, 6.07) is 11.4. The van der Waals surface area contributed by atoms with E-state index in [-0.39, 0.29) is 23.7 Å². The Morgan fingerprint density at radius 3 is 2.74 bits per heavy atom. The zero-order chi connectivity index (χ0) is 21.8. The van der Waals surface area contributed by atoms with Crippen molar-refractivity contribution in [2.45, 2.75) is 19.4 Å². The van der Waals surface area contributed by atoms with Gasteiger partial charge in [-0.25, -0.2) is 9.37 Å². The molecule has 1 amide bonds. The first kappa shape index (κ1) is 21.0. The van der Waals surface area contributed by atoms with Gasteiger partial charge in [0.25, 0.3) is 5.56 Å². The molecular formula is C23H25FN4O3. The molecule has 7 nitrogen and oxygen atoms in total. The highest BCUT2D eigenvalue weighted by Gasteiger charge is 2.22. The number of benzene rings is 2. The smallest absolute Gasteiger partial charge is 0.261 e. The maximum absolute atomic E-state index is 13.7. The van der Waals surface area contributed by atoms with Gasteiger partial charge in [0.05, 0.1) is 36.6 Å². The highest BCUT2D eigenvalue weighted by atomic mass is 19.1. The number of nitrogens with zero attached hydrogens (tertiary/aromatic N) is 3. The Morgan fingerprint density at radius 1 is 1.23 bits per heavy atom. The number of amides is 1. The van der Waals surface area contributed by atoms with E-state index >= 15 is 0 Å². The maximum atomic E-state index is 13.7. The molecule has 0 unspecified atom stereocenters. The average Bonchev–Trinajstić information content (AvgIpc) is 2.78. The minimum Gasteiger partial charge on any atom is -0.497 e. The van der Waals surface area contributed by atoms with Crippen molar-refractivity contribution in [1.82, 2.24) is 14.5 Å². The molecule has 31 heavy (non-hydrogen) atoms. The van der Waals surface area contributed by atoms with Gasteiger partial charge in [-0.3, -0.25) is 19.1 Å². The van der Waals surface area contributed by atoms with Crippen molar-refractivity contribution < 1.29 is 13.9 Å². The number of hydrogen-bond acceptors (Lipinski definition) is 5. The second-order valence-corrected chi connectivity index (χ2v) is 7.83. The summed E-state index contributed by atoms with van der Waals surface area (Å²) in [6.45, 7) is 2.33.